The average molecular weight is 169 g/mol. The van der Waals surface area contributed by atoms with Crippen molar-refractivity contribution >= 4 is 18.4 Å². The summed E-state index contributed by atoms with van der Waals surface area (Å²) in [5.41, 5.74) is 6.68. The quantitative estimate of drug-likeness (QED) is 0.252. The zero-order valence-electron chi connectivity index (χ0n) is 5.40. The molecule has 6 nitrogen and oxygen atoms in total. The minimum atomic E-state index is -0.755. The van der Waals surface area contributed by atoms with Crippen LogP contribution in [0, 0.1) is 10.1 Å². The first kappa shape index (κ1) is 11.7. The van der Waals surface area contributed by atoms with Gasteiger partial charge in [-0.25, -0.2) is 15.1 Å². The van der Waals surface area contributed by atoms with Crippen LogP contribution < -0.4 is 11.2 Å². The molecule has 0 atom stereocenters. The highest BCUT2D eigenvalue weighted by molar-refractivity contribution is 5.85. The van der Waals surface area contributed by atoms with Crippen molar-refractivity contribution < 1.29 is 5.03 Å². The fraction of sp³-hybridized carbons (Fsp3) is 0.667. The van der Waals surface area contributed by atoms with Crippen LogP contribution in [0.3, 0.4) is 0 Å². The number of aliphatic imine (C=N–C) groups is 1. The molecule has 0 spiro atoms. The van der Waals surface area contributed by atoms with Gasteiger partial charge in [0.2, 0.25) is 0 Å². The molecule has 0 bridgehead atoms. The van der Waals surface area contributed by atoms with E-state index in [0.29, 0.717) is 6.54 Å². The summed E-state index contributed by atoms with van der Waals surface area (Å²) in [5.74, 6) is -0.164. The standard InChI is InChI=1S/C3H8N4O2.ClH/c1-2-5-3(4)6-7(8)9;/h2H2,1H3,(H3,4,5,6);1H. The van der Waals surface area contributed by atoms with Crippen molar-refractivity contribution in [2.75, 3.05) is 6.54 Å². The van der Waals surface area contributed by atoms with Gasteiger partial charge >= 0.3 is 0 Å². The Labute approximate surface area is 64.0 Å². The van der Waals surface area contributed by atoms with Gasteiger partial charge < -0.3 is 5.73 Å². The maximum Gasteiger partial charge on any atom is 0.251 e. The van der Waals surface area contributed by atoms with Gasteiger partial charge in [0.15, 0.2) is 5.03 Å². The highest BCUT2D eigenvalue weighted by atomic mass is 35.5. The molecular formula is C3H9ClN4O2. The Morgan fingerprint density at radius 3 is 2.70 bits per heavy atom. The average Bonchev–Trinajstić information content (AvgIpc) is 1.63. The van der Waals surface area contributed by atoms with Crippen LogP contribution in [0.15, 0.2) is 4.99 Å². The second-order valence-electron chi connectivity index (χ2n) is 1.23. The second-order valence-corrected chi connectivity index (χ2v) is 1.23. The van der Waals surface area contributed by atoms with Gasteiger partial charge in [0.25, 0.3) is 5.96 Å². The summed E-state index contributed by atoms with van der Waals surface area (Å²) in [7, 11) is 0. The summed E-state index contributed by atoms with van der Waals surface area (Å²) < 4.78 is 0. The zero-order valence-corrected chi connectivity index (χ0v) is 6.22. The summed E-state index contributed by atoms with van der Waals surface area (Å²) in [6, 6.07) is 0. The Morgan fingerprint density at radius 2 is 2.40 bits per heavy atom. The summed E-state index contributed by atoms with van der Waals surface area (Å²) in [6.07, 6.45) is 0. The largest absolute Gasteiger partial charge is 0.365 e. The van der Waals surface area contributed by atoms with E-state index in [0.717, 1.165) is 0 Å². The van der Waals surface area contributed by atoms with Crippen LogP contribution in [-0.4, -0.2) is 17.5 Å². The van der Waals surface area contributed by atoms with E-state index in [-0.39, 0.29) is 18.4 Å². The van der Waals surface area contributed by atoms with Crippen molar-refractivity contribution in [2.24, 2.45) is 10.7 Å². The van der Waals surface area contributed by atoms with E-state index in [1.165, 1.54) is 0 Å². The second kappa shape index (κ2) is 6.09. The Hall–Kier alpha value is -1.04. The van der Waals surface area contributed by atoms with Gasteiger partial charge in [-0.1, -0.05) is 5.43 Å². The van der Waals surface area contributed by atoms with Crippen molar-refractivity contribution in [2.45, 2.75) is 6.92 Å². The van der Waals surface area contributed by atoms with E-state index >= 15 is 0 Å². The molecule has 0 aromatic rings. The number of hydrogen-bond donors (Lipinski definition) is 2. The van der Waals surface area contributed by atoms with Crippen molar-refractivity contribution in [3.05, 3.63) is 10.1 Å². The molecule has 0 aromatic carbocycles. The number of nitro groups is 1. The number of hydrazine groups is 1. The van der Waals surface area contributed by atoms with E-state index in [9.17, 15) is 10.1 Å². The number of nitrogens with zero attached hydrogens (tertiary/aromatic N) is 2. The molecule has 0 heterocycles. The number of hydrogen-bond acceptors (Lipinski definition) is 3. The van der Waals surface area contributed by atoms with Crippen LogP contribution in [0.5, 0.6) is 0 Å². The fourth-order valence-electron chi connectivity index (χ4n) is 0.299. The molecule has 7 heteroatoms. The lowest BCUT2D eigenvalue weighted by molar-refractivity contribution is -0.525. The normalized spacial score (nSPS) is 9.90. The van der Waals surface area contributed by atoms with E-state index in [2.05, 4.69) is 4.99 Å². The van der Waals surface area contributed by atoms with E-state index in [4.69, 9.17) is 5.73 Å². The van der Waals surface area contributed by atoms with Crippen molar-refractivity contribution in [3.63, 3.8) is 0 Å². The van der Waals surface area contributed by atoms with E-state index in [1.807, 2.05) is 0 Å². The third-order valence-corrected chi connectivity index (χ3v) is 0.534. The molecule has 0 fully saturated rings. The van der Waals surface area contributed by atoms with Crippen LogP contribution in [-0.2, 0) is 0 Å². The number of nitrogens with one attached hydrogen (secondary N) is 1. The minimum absolute atomic E-state index is 0. The van der Waals surface area contributed by atoms with Crippen LogP contribution >= 0.6 is 12.4 Å². The molecule has 60 valence electrons. The molecule has 0 radical (unpaired) electrons. The lowest BCUT2D eigenvalue weighted by Gasteiger charge is -1.91. The highest BCUT2D eigenvalue weighted by Crippen LogP contribution is 1.65. The predicted octanol–water partition coefficient (Wildman–Crippen LogP) is -0.476. The Balaban J connectivity index is 0. The SMILES string of the molecule is CCN=C(N)N[N+](=O)[O-].Cl. The monoisotopic (exact) mass is 168 g/mol. The van der Waals surface area contributed by atoms with Crippen molar-refractivity contribution in [1.82, 2.24) is 5.43 Å². The molecular weight excluding hydrogens is 160 g/mol. The number of rotatable bonds is 2. The molecule has 0 rings (SSSR count). The topological polar surface area (TPSA) is 93.5 Å². The molecule has 3 N–H and O–H groups in total. The first-order valence-corrected chi connectivity index (χ1v) is 2.37. The van der Waals surface area contributed by atoms with Gasteiger partial charge in [-0.3, -0.25) is 0 Å². The first-order valence-electron chi connectivity index (χ1n) is 2.37. The summed E-state index contributed by atoms with van der Waals surface area (Å²) in [5, 5.41) is 8.86. The third kappa shape index (κ3) is 6.96. The van der Waals surface area contributed by atoms with Crippen LogP contribution in [0.25, 0.3) is 0 Å². The molecule has 10 heavy (non-hydrogen) atoms. The maximum absolute atomic E-state index is 9.62. The van der Waals surface area contributed by atoms with Crippen LogP contribution in [0.2, 0.25) is 0 Å². The predicted molar refractivity (Wildman–Crippen MR) is 39.5 cm³/mol. The zero-order chi connectivity index (χ0) is 7.28. The highest BCUT2D eigenvalue weighted by Gasteiger charge is 1.94. The summed E-state index contributed by atoms with van der Waals surface area (Å²) >= 11 is 0. The molecule has 0 aromatic heterocycles. The van der Waals surface area contributed by atoms with Crippen molar-refractivity contribution in [1.29, 1.82) is 0 Å². The lowest BCUT2D eigenvalue weighted by Crippen LogP contribution is -2.36. The maximum atomic E-state index is 9.62. The third-order valence-electron chi connectivity index (χ3n) is 0.534. The molecule has 0 saturated heterocycles. The van der Waals surface area contributed by atoms with E-state index in [1.54, 1.807) is 12.3 Å². The Morgan fingerprint density at radius 1 is 1.90 bits per heavy atom. The van der Waals surface area contributed by atoms with E-state index < -0.39 is 5.03 Å². The molecule has 0 amide bonds. The van der Waals surface area contributed by atoms with Gasteiger partial charge in [0, 0.05) is 6.54 Å². The van der Waals surface area contributed by atoms with Gasteiger partial charge in [-0.05, 0) is 6.92 Å². The molecule has 0 saturated carbocycles. The first-order chi connectivity index (χ1) is 4.16. The minimum Gasteiger partial charge on any atom is -0.365 e. The van der Waals surface area contributed by atoms with Crippen LogP contribution in [0.1, 0.15) is 6.92 Å². The Bertz CT molecular complexity index is 136. The van der Waals surface area contributed by atoms with Crippen molar-refractivity contribution in [3.8, 4) is 0 Å². The van der Waals surface area contributed by atoms with Crippen LogP contribution in [0.4, 0.5) is 0 Å². The summed E-state index contributed by atoms with van der Waals surface area (Å²) in [6.45, 7) is 2.17. The van der Waals surface area contributed by atoms with Gasteiger partial charge in [-0.15, -0.1) is 12.4 Å². The summed E-state index contributed by atoms with van der Waals surface area (Å²) in [4.78, 5) is 13.1. The number of nitrogens with two attached hydrogens (primary N) is 1. The smallest absolute Gasteiger partial charge is 0.251 e. The molecule has 0 aliphatic carbocycles. The lowest BCUT2D eigenvalue weighted by atomic mass is 10.8. The fourth-order valence-corrected chi connectivity index (χ4v) is 0.299. The van der Waals surface area contributed by atoms with Gasteiger partial charge in [0.05, 0.1) is 0 Å². The number of halogens is 1. The van der Waals surface area contributed by atoms with Gasteiger partial charge in [-0.2, -0.15) is 0 Å². The Kier molecular flexibility index (Phi) is 7.13. The molecule has 0 aliphatic rings. The molecule has 0 aliphatic heterocycles. The molecule has 0 unspecified atom stereocenters. The number of guanidine groups is 1. The van der Waals surface area contributed by atoms with Gasteiger partial charge in [0.1, 0.15) is 0 Å².